The lowest BCUT2D eigenvalue weighted by molar-refractivity contribution is 0.0600. The highest BCUT2D eigenvalue weighted by Crippen LogP contribution is 2.25. The number of carbonyl (C=O) groups excluding carboxylic acids is 1. The van der Waals surface area contributed by atoms with Crippen LogP contribution in [-0.4, -0.2) is 18.1 Å². The summed E-state index contributed by atoms with van der Waals surface area (Å²) in [6.45, 7) is 1.31. The minimum atomic E-state index is -0.334. The van der Waals surface area contributed by atoms with Crippen molar-refractivity contribution in [3.63, 3.8) is 0 Å². The highest BCUT2D eigenvalue weighted by Gasteiger charge is 2.06. The molecule has 3 rings (SSSR count). The van der Waals surface area contributed by atoms with Crippen LogP contribution in [0.3, 0.4) is 0 Å². The number of pyridine rings is 1. The van der Waals surface area contributed by atoms with Crippen molar-refractivity contribution in [1.82, 2.24) is 10.3 Å². The number of nitrogens with zero attached hydrogens (tertiary/aromatic N) is 1. The van der Waals surface area contributed by atoms with E-state index in [1.807, 2.05) is 42.5 Å². The average molecular weight is 380 g/mol. The zero-order valence-electron chi connectivity index (χ0n) is 14.9. The molecular weight excluding hydrogens is 360 g/mol. The lowest BCUT2D eigenvalue weighted by Crippen LogP contribution is -2.13. The van der Waals surface area contributed by atoms with Gasteiger partial charge in [-0.3, -0.25) is 4.98 Å². The molecule has 0 amide bonds. The first-order chi connectivity index (χ1) is 13.2. The van der Waals surface area contributed by atoms with Crippen LogP contribution in [0.15, 0.2) is 71.9 Å². The van der Waals surface area contributed by atoms with Gasteiger partial charge in [0, 0.05) is 24.2 Å². The largest absolute Gasteiger partial charge is 0.465 e. The second-order valence-corrected chi connectivity index (χ2v) is 6.36. The number of hydrogen-bond donors (Lipinski definition) is 2. The van der Waals surface area contributed by atoms with Crippen molar-refractivity contribution in [2.24, 2.45) is 0 Å². The molecule has 0 radical (unpaired) electrons. The molecule has 0 aliphatic carbocycles. The fourth-order valence-electron chi connectivity index (χ4n) is 2.53. The minimum absolute atomic E-state index is 0.334. The van der Waals surface area contributed by atoms with Gasteiger partial charge in [-0.05, 0) is 53.6 Å². The van der Waals surface area contributed by atoms with E-state index in [9.17, 15) is 4.79 Å². The topological polar surface area (TPSA) is 60.5 Å². The van der Waals surface area contributed by atoms with Gasteiger partial charge >= 0.3 is 5.97 Å². The number of carbonyl (C=O) groups is 1. The molecule has 0 spiro atoms. The number of hydrogen-bond acceptors (Lipinski definition) is 6. The normalized spacial score (nSPS) is 10.4. The molecule has 2 aromatic carbocycles. The molecule has 1 heterocycles. The Balaban J connectivity index is 1.59. The van der Waals surface area contributed by atoms with Crippen molar-refractivity contribution in [1.29, 1.82) is 0 Å². The van der Waals surface area contributed by atoms with E-state index in [2.05, 4.69) is 22.9 Å². The maximum atomic E-state index is 11.5. The molecular formula is C21H20N2O3S. The van der Waals surface area contributed by atoms with Crippen molar-refractivity contribution in [3.8, 4) is 11.5 Å². The van der Waals surface area contributed by atoms with Crippen LogP contribution < -0.4 is 10.1 Å². The molecule has 1 aromatic heterocycles. The summed E-state index contributed by atoms with van der Waals surface area (Å²) in [4.78, 5) is 16.4. The Morgan fingerprint density at radius 3 is 2.59 bits per heavy atom. The molecule has 27 heavy (non-hydrogen) atoms. The van der Waals surface area contributed by atoms with E-state index in [0.29, 0.717) is 24.4 Å². The molecule has 0 saturated carbocycles. The second-order valence-electron chi connectivity index (χ2n) is 5.87. The van der Waals surface area contributed by atoms with Crippen molar-refractivity contribution < 1.29 is 14.3 Å². The number of esters is 1. The quantitative estimate of drug-likeness (QED) is 0.474. The molecule has 0 aliphatic rings. The number of thiol groups is 1. The van der Waals surface area contributed by atoms with E-state index in [0.717, 1.165) is 21.8 Å². The molecule has 5 nitrogen and oxygen atoms in total. The Hall–Kier alpha value is -2.83. The Labute approximate surface area is 163 Å². The third kappa shape index (κ3) is 5.32. The number of benzene rings is 2. The zero-order chi connectivity index (χ0) is 19.1. The van der Waals surface area contributed by atoms with Gasteiger partial charge in [0.05, 0.1) is 18.9 Å². The molecule has 3 aromatic rings. The maximum Gasteiger partial charge on any atom is 0.337 e. The molecule has 0 unspecified atom stereocenters. The first kappa shape index (κ1) is 18.9. The first-order valence-electron chi connectivity index (χ1n) is 8.43. The number of ether oxygens (including phenoxy) is 2. The summed E-state index contributed by atoms with van der Waals surface area (Å²) in [7, 11) is 1.37. The Kier molecular flexibility index (Phi) is 6.46. The third-order valence-electron chi connectivity index (χ3n) is 3.94. The summed E-state index contributed by atoms with van der Waals surface area (Å²) < 4.78 is 10.5. The third-order valence-corrected chi connectivity index (χ3v) is 4.38. The molecule has 0 fully saturated rings. The van der Waals surface area contributed by atoms with Gasteiger partial charge < -0.3 is 14.8 Å². The van der Waals surface area contributed by atoms with Gasteiger partial charge in [-0.15, -0.1) is 12.6 Å². The highest BCUT2D eigenvalue weighted by atomic mass is 32.1. The molecule has 0 bridgehead atoms. The Bertz CT molecular complexity index is 899. The van der Waals surface area contributed by atoms with Gasteiger partial charge in [0.25, 0.3) is 0 Å². The summed E-state index contributed by atoms with van der Waals surface area (Å²) >= 11 is 4.52. The van der Waals surface area contributed by atoms with E-state index >= 15 is 0 Å². The van der Waals surface area contributed by atoms with Crippen LogP contribution in [0.25, 0.3) is 0 Å². The van der Waals surface area contributed by atoms with Crippen LogP contribution in [-0.2, 0) is 17.8 Å². The van der Waals surface area contributed by atoms with Crippen molar-refractivity contribution >= 4 is 18.6 Å². The molecule has 0 atom stereocenters. The zero-order valence-corrected chi connectivity index (χ0v) is 15.8. The molecule has 6 heteroatoms. The van der Waals surface area contributed by atoms with Crippen molar-refractivity contribution in [2.75, 3.05) is 7.11 Å². The molecule has 0 aliphatic heterocycles. The summed E-state index contributed by atoms with van der Waals surface area (Å²) in [5, 5.41) is 3.38. The van der Waals surface area contributed by atoms with Gasteiger partial charge in [0.2, 0.25) is 0 Å². The molecule has 0 saturated heterocycles. The lowest BCUT2D eigenvalue weighted by atomic mass is 10.1. The monoisotopic (exact) mass is 380 g/mol. The predicted octanol–water partition coefficient (Wildman–Crippen LogP) is 4.24. The molecule has 1 N–H and O–H groups in total. The lowest BCUT2D eigenvalue weighted by Gasteiger charge is -2.11. The van der Waals surface area contributed by atoms with Crippen LogP contribution in [0.5, 0.6) is 11.5 Å². The first-order valence-corrected chi connectivity index (χ1v) is 8.88. The average Bonchev–Trinajstić information content (AvgIpc) is 2.71. The van der Waals surface area contributed by atoms with E-state index in [1.54, 1.807) is 24.5 Å². The van der Waals surface area contributed by atoms with Gasteiger partial charge in [0.15, 0.2) is 0 Å². The number of rotatable bonds is 7. The van der Waals surface area contributed by atoms with E-state index in [-0.39, 0.29) is 5.97 Å². The summed E-state index contributed by atoms with van der Waals surface area (Å²) in [6.07, 6.45) is 3.38. The van der Waals surface area contributed by atoms with Gasteiger partial charge in [-0.25, -0.2) is 4.79 Å². The van der Waals surface area contributed by atoms with Gasteiger partial charge in [-0.1, -0.05) is 12.1 Å². The van der Waals surface area contributed by atoms with Gasteiger partial charge in [-0.2, -0.15) is 0 Å². The van der Waals surface area contributed by atoms with Crippen molar-refractivity contribution in [3.05, 3.63) is 83.7 Å². The van der Waals surface area contributed by atoms with Crippen LogP contribution in [0, 0.1) is 0 Å². The SMILES string of the molecule is COC(=O)c1ccc(CNCc2cc(Oc3cccnc3)ccc2S)cc1. The fraction of sp³-hybridized carbons (Fsp3) is 0.143. The van der Waals surface area contributed by atoms with E-state index < -0.39 is 0 Å². The Morgan fingerprint density at radius 1 is 1.07 bits per heavy atom. The number of aromatic nitrogens is 1. The van der Waals surface area contributed by atoms with E-state index in [1.165, 1.54) is 7.11 Å². The minimum Gasteiger partial charge on any atom is -0.465 e. The van der Waals surface area contributed by atoms with Gasteiger partial charge in [0.1, 0.15) is 11.5 Å². The maximum absolute atomic E-state index is 11.5. The van der Waals surface area contributed by atoms with Crippen LogP contribution in [0.2, 0.25) is 0 Å². The number of nitrogens with one attached hydrogen (secondary N) is 1. The summed E-state index contributed by atoms with van der Waals surface area (Å²) in [5.74, 6) is 1.09. The standard InChI is InChI=1S/C21H20N2O3S/c1-25-21(24)16-6-4-15(5-7-16)12-23-13-17-11-18(8-9-20(17)27)26-19-3-2-10-22-14-19/h2-11,14,23,27H,12-13H2,1H3. The van der Waals surface area contributed by atoms with Crippen molar-refractivity contribution in [2.45, 2.75) is 18.0 Å². The van der Waals surface area contributed by atoms with E-state index in [4.69, 9.17) is 9.47 Å². The van der Waals surface area contributed by atoms with Crippen LogP contribution >= 0.6 is 12.6 Å². The molecule has 138 valence electrons. The van der Waals surface area contributed by atoms with Crippen LogP contribution in [0.1, 0.15) is 21.5 Å². The van der Waals surface area contributed by atoms with Crippen LogP contribution in [0.4, 0.5) is 0 Å². The second kappa shape index (κ2) is 9.21. The number of methoxy groups -OCH3 is 1. The Morgan fingerprint density at radius 2 is 1.89 bits per heavy atom. The fourth-order valence-corrected chi connectivity index (χ4v) is 2.75. The smallest absolute Gasteiger partial charge is 0.337 e. The highest BCUT2D eigenvalue weighted by molar-refractivity contribution is 7.80. The summed E-state index contributed by atoms with van der Waals surface area (Å²) in [6, 6.07) is 16.8. The predicted molar refractivity (Wildman–Crippen MR) is 106 cm³/mol. The summed E-state index contributed by atoms with van der Waals surface area (Å²) in [5.41, 5.74) is 2.65.